The average molecular weight is 273 g/mol. The third-order valence-corrected chi connectivity index (χ3v) is 4.51. The van der Waals surface area contributed by atoms with E-state index in [-0.39, 0.29) is 11.5 Å². The van der Waals surface area contributed by atoms with E-state index in [9.17, 15) is 8.42 Å². The van der Waals surface area contributed by atoms with Gasteiger partial charge in [0.2, 0.25) is 10.0 Å². The van der Waals surface area contributed by atoms with Crippen LogP contribution >= 0.6 is 0 Å². The number of nitrogens with zero attached hydrogens (tertiary/aromatic N) is 1. The van der Waals surface area contributed by atoms with Gasteiger partial charge >= 0.3 is 0 Å². The Bertz CT molecular complexity index is 455. The first-order chi connectivity index (χ1) is 8.52. The molecular weight excluding hydrogens is 254 g/mol. The zero-order valence-corrected chi connectivity index (χ0v) is 11.5. The zero-order chi connectivity index (χ0) is 13.6. The number of methoxy groups -OCH3 is 1. The largest absolute Gasteiger partial charge is 0.396 e. The summed E-state index contributed by atoms with van der Waals surface area (Å²) >= 11 is 0. The van der Waals surface area contributed by atoms with Crippen molar-refractivity contribution in [1.82, 2.24) is 4.31 Å². The van der Waals surface area contributed by atoms with E-state index < -0.39 is 10.0 Å². The quantitative estimate of drug-likeness (QED) is 0.785. The molecule has 1 aromatic carbocycles. The maximum atomic E-state index is 12.1. The Morgan fingerprint density at radius 3 is 2.39 bits per heavy atom. The molecule has 0 aliphatic heterocycles. The van der Waals surface area contributed by atoms with Crippen LogP contribution in [-0.2, 0) is 21.2 Å². The van der Waals surface area contributed by atoms with Crippen LogP contribution in [0.1, 0.15) is 5.56 Å². The molecule has 0 amide bonds. The van der Waals surface area contributed by atoms with Gasteiger partial charge in [0.15, 0.2) is 0 Å². The number of hydrogen-bond donors (Lipinski definition) is 1. The first kappa shape index (κ1) is 15.1. The van der Waals surface area contributed by atoms with Crippen LogP contribution in [0.15, 0.2) is 29.2 Å². The van der Waals surface area contributed by atoms with Crippen LogP contribution in [-0.4, -0.2) is 51.7 Å². The van der Waals surface area contributed by atoms with Crippen molar-refractivity contribution in [1.29, 1.82) is 0 Å². The van der Waals surface area contributed by atoms with E-state index in [0.29, 0.717) is 19.6 Å². The molecule has 0 spiro atoms. The summed E-state index contributed by atoms with van der Waals surface area (Å²) in [6, 6.07) is 6.55. The highest BCUT2D eigenvalue weighted by molar-refractivity contribution is 7.89. The summed E-state index contributed by atoms with van der Waals surface area (Å²) in [6.07, 6.45) is 0.528. The smallest absolute Gasteiger partial charge is 0.242 e. The maximum absolute atomic E-state index is 12.1. The van der Waals surface area contributed by atoms with Crippen LogP contribution in [0.25, 0.3) is 0 Å². The fourth-order valence-corrected chi connectivity index (χ4v) is 2.63. The lowest BCUT2D eigenvalue weighted by Crippen LogP contribution is -2.30. The Labute approximate surface area is 108 Å². The Balaban J connectivity index is 2.84. The van der Waals surface area contributed by atoms with Gasteiger partial charge in [0.1, 0.15) is 0 Å². The van der Waals surface area contributed by atoms with Crippen molar-refractivity contribution >= 4 is 10.0 Å². The third-order valence-electron chi connectivity index (χ3n) is 2.64. The monoisotopic (exact) mass is 273 g/mol. The van der Waals surface area contributed by atoms with Gasteiger partial charge in [-0.25, -0.2) is 8.42 Å². The number of aliphatic hydroxyl groups is 1. The van der Waals surface area contributed by atoms with Crippen LogP contribution in [0, 0.1) is 0 Å². The van der Waals surface area contributed by atoms with E-state index in [0.717, 1.165) is 5.56 Å². The molecule has 0 aliphatic rings. The summed E-state index contributed by atoms with van der Waals surface area (Å²) in [5.41, 5.74) is 0.913. The van der Waals surface area contributed by atoms with Crippen molar-refractivity contribution in [3.8, 4) is 0 Å². The van der Waals surface area contributed by atoms with Crippen LogP contribution in [0.2, 0.25) is 0 Å². The van der Waals surface area contributed by atoms with Gasteiger partial charge in [0, 0.05) is 27.3 Å². The molecule has 1 aromatic rings. The lowest BCUT2D eigenvalue weighted by molar-refractivity contribution is 0.185. The van der Waals surface area contributed by atoms with Crippen LogP contribution in [0.3, 0.4) is 0 Å². The predicted molar refractivity (Wildman–Crippen MR) is 68.9 cm³/mol. The van der Waals surface area contributed by atoms with Gasteiger partial charge < -0.3 is 9.84 Å². The van der Waals surface area contributed by atoms with Gasteiger partial charge in [-0.15, -0.1) is 0 Å². The Kier molecular flexibility index (Phi) is 5.74. The minimum Gasteiger partial charge on any atom is -0.396 e. The van der Waals surface area contributed by atoms with Gasteiger partial charge in [-0.1, -0.05) is 12.1 Å². The molecule has 1 N–H and O–H groups in total. The minimum atomic E-state index is -3.45. The summed E-state index contributed by atoms with van der Waals surface area (Å²) in [5.74, 6) is 0. The fourth-order valence-electron chi connectivity index (χ4n) is 1.48. The standard InChI is InChI=1S/C12H19NO4S/c1-13(8-10-17-2)18(15,16)12-5-3-11(4-6-12)7-9-14/h3-6,14H,7-10H2,1-2H3. The number of hydrogen-bond acceptors (Lipinski definition) is 4. The molecule has 18 heavy (non-hydrogen) atoms. The van der Waals surface area contributed by atoms with E-state index in [4.69, 9.17) is 9.84 Å². The second kappa shape index (κ2) is 6.84. The fraction of sp³-hybridized carbons (Fsp3) is 0.500. The summed E-state index contributed by atoms with van der Waals surface area (Å²) in [6.45, 7) is 0.732. The summed E-state index contributed by atoms with van der Waals surface area (Å²) < 4.78 is 30.4. The highest BCUT2D eigenvalue weighted by Crippen LogP contribution is 2.15. The van der Waals surface area contributed by atoms with Crippen molar-refractivity contribution in [3.05, 3.63) is 29.8 Å². The molecule has 102 valence electrons. The third kappa shape index (κ3) is 3.78. The summed E-state index contributed by atoms with van der Waals surface area (Å²) in [4.78, 5) is 0.253. The minimum absolute atomic E-state index is 0.0554. The molecule has 0 saturated carbocycles. The SMILES string of the molecule is COCCN(C)S(=O)(=O)c1ccc(CCO)cc1. The molecule has 0 bridgehead atoms. The molecule has 0 aliphatic carbocycles. The molecule has 0 saturated heterocycles. The zero-order valence-electron chi connectivity index (χ0n) is 10.7. The van der Waals surface area contributed by atoms with Gasteiger partial charge in [-0.05, 0) is 24.1 Å². The molecule has 0 unspecified atom stereocenters. The molecule has 0 atom stereocenters. The lowest BCUT2D eigenvalue weighted by Gasteiger charge is -2.16. The molecule has 0 aromatic heterocycles. The molecule has 0 radical (unpaired) electrons. The van der Waals surface area contributed by atoms with Crippen molar-refractivity contribution in [2.75, 3.05) is 33.9 Å². The second-order valence-corrected chi connectivity index (χ2v) is 5.98. The maximum Gasteiger partial charge on any atom is 0.242 e. The van der Waals surface area contributed by atoms with Crippen LogP contribution < -0.4 is 0 Å². The Hall–Kier alpha value is -0.950. The van der Waals surface area contributed by atoms with Gasteiger partial charge in [0.05, 0.1) is 11.5 Å². The van der Waals surface area contributed by atoms with Crippen molar-refractivity contribution < 1.29 is 18.3 Å². The number of sulfonamides is 1. The number of rotatable bonds is 7. The highest BCUT2D eigenvalue weighted by Gasteiger charge is 2.19. The van der Waals surface area contributed by atoms with E-state index in [1.165, 1.54) is 18.5 Å². The van der Waals surface area contributed by atoms with Gasteiger partial charge in [-0.3, -0.25) is 0 Å². The van der Waals surface area contributed by atoms with Crippen molar-refractivity contribution in [3.63, 3.8) is 0 Å². The summed E-state index contributed by atoms with van der Waals surface area (Å²) in [7, 11) is -0.396. The molecular formula is C12H19NO4S. The van der Waals surface area contributed by atoms with E-state index in [2.05, 4.69) is 0 Å². The molecule has 0 heterocycles. The molecule has 1 rings (SSSR count). The van der Waals surface area contributed by atoms with E-state index in [1.807, 2.05) is 0 Å². The number of aliphatic hydroxyl groups excluding tert-OH is 1. The van der Waals surface area contributed by atoms with Crippen LogP contribution in [0.5, 0.6) is 0 Å². The highest BCUT2D eigenvalue weighted by atomic mass is 32.2. The number of likely N-dealkylation sites (N-methyl/N-ethyl adjacent to an activating group) is 1. The first-order valence-electron chi connectivity index (χ1n) is 5.67. The van der Waals surface area contributed by atoms with Crippen molar-refractivity contribution in [2.45, 2.75) is 11.3 Å². The number of benzene rings is 1. The van der Waals surface area contributed by atoms with E-state index >= 15 is 0 Å². The second-order valence-electron chi connectivity index (χ2n) is 3.94. The Morgan fingerprint density at radius 2 is 1.89 bits per heavy atom. The Morgan fingerprint density at radius 1 is 1.28 bits per heavy atom. The topological polar surface area (TPSA) is 66.8 Å². The van der Waals surface area contributed by atoms with Crippen LogP contribution in [0.4, 0.5) is 0 Å². The van der Waals surface area contributed by atoms with Crippen molar-refractivity contribution in [2.24, 2.45) is 0 Å². The summed E-state index contributed by atoms with van der Waals surface area (Å²) in [5, 5.41) is 8.79. The normalized spacial score (nSPS) is 12.0. The van der Waals surface area contributed by atoms with Gasteiger partial charge in [0.25, 0.3) is 0 Å². The molecule has 0 fully saturated rings. The lowest BCUT2D eigenvalue weighted by atomic mass is 10.2. The van der Waals surface area contributed by atoms with E-state index in [1.54, 1.807) is 24.3 Å². The van der Waals surface area contributed by atoms with Gasteiger partial charge in [-0.2, -0.15) is 4.31 Å². The molecule has 5 nitrogen and oxygen atoms in total. The predicted octanol–water partition coefficient (Wildman–Crippen LogP) is 0.488. The average Bonchev–Trinajstić information content (AvgIpc) is 2.37. The number of ether oxygens (including phenoxy) is 1. The molecule has 6 heteroatoms. The first-order valence-corrected chi connectivity index (χ1v) is 7.11.